The Kier molecular flexibility index (Phi) is 6.80. The van der Waals surface area contributed by atoms with Crippen LogP contribution in [0.5, 0.6) is 0 Å². The molecule has 0 bridgehead atoms. The van der Waals surface area contributed by atoms with Crippen LogP contribution in [0.4, 0.5) is 0 Å². The fourth-order valence-electron chi connectivity index (χ4n) is 1.39. The molecule has 5 heteroatoms. The number of likely N-dealkylation sites (N-methyl/N-ethyl adjacent to an activating group) is 1. The third-order valence-corrected chi connectivity index (χ3v) is 2.22. The second kappa shape index (κ2) is 8.27. The molecule has 0 amide bonds. The number of imidazole rings is 1. The van der Waals surface area contributed by atoms with Crippen LogP contribution in [0.3, 0.4) is 0 Å². The van der Waals surface area contributed by atoms with Crippen molar-refractivity contribution in [3.63, 3.8) is 0 Å². The highest BCUT2D eigenvalue weighted by Gasteiger charge is 1.98. The van der Waals surface area contributed by atoms with Crippen LogP contribution in [0.2, 0.25) is 0 Å². The second-order valence-corrected chi connectivity index (χ2v) is 3.54. The zero-order chi connectivity index (χ0) is 11.6. The van der Waals surface area contributed by atoms with Crippen LogP contribution in [-0.2, 0) is 17.7 Å². The molecule has 5 nitrogen and oxygen atoms in total. The van der Waals surface area contributed by atoms with Gasteiger partial charge in [-0.2, -0.15) is 0 Å². The minimum atomic E-state index is 0.0812. The summed E-state index contributed by atoms with van der Waals surface area (Å²) in [6.07, 6.45) is 4.82. The van der Waals surface area contributed by atoms with Gasteiger partial charge in [0.2, 0.25) is 0 Å². The van der Waals surface area contributed by atoms with Crippen molar-refractivity contribution in [2.75, 3.05) is 32.9 Å². The molecule has 0 fully saturated rings. The summed E-state index contributed by atoms with van der Waals surface area (Å²) in [4.78, 5) is 4.30. The van der Waals surface area contributed by atoms with Crippen LogP contribution < -0.4 is 5.32 Å². The average molecular weight is 227 g/mol. The Morgan fingerprint density at radius 1 is 1.50 bits per heavy atom. The maximum absolute atomic E-state index is 8.54. The number of hydrogen-bond donors (Lipinski definition) is 2. The molecule has 0 aliphatic rings. The van der Waals surface area contributed by atoms with E-state index in [9.17, 15) is 0 Å². The van der Waals surface area contributed by atoms with Gasteiger partial charge in [0.15, 0.2) is 0 Å². The monoisotopic (exact) mass is 227 g/mol. The van der Waals surface area contributed by atoms with Crippen molar-refractivity contribution >= 4 is 0 Å². The summed E-state index contributed by atoms with van der Waals surface area (Å²) in [5.74, 6) is 0. The number of aliphatic hydroxyl groups excluding tert-OH is 1. The standard InChI is InChI=1S/C11H21N3O2/c1-2-12-4-3-11-9-14(10-13-11)5-7-16-8-6-15/h9-10,12,15H,2-8H2,1H3. The van der Waals surface area contributed by atoms with Crippen molar-refractivity contribution in [3.8, 4) is 0 Å². The smallest absolute Gasteiger partial charge is 0.0950 e. The predicted molar refractivity (Wildman–Crippen MR) is 62.4 cm³/mol. The molecule has 0 radical (unpaired) electrons. The predicted octanol–water partition coefficient (Wildman–Crippen LogP) is 0.0440. The Balaban J connectivity index is 2.17. The van der Waals surface area contributed by atoms with E-state index in [1.807, 2.05) is 17.1 Å². The minimum absolute atomic E-state index is 0.0812. The van der Waals surface area contributed by atoms with E-state index in [0.29, 0.717) is 13.2 Å². The zero-order valence-corrected chi connectivity index (χ0v) is 9.85. The van der Waals surface area contributed by atoms with Gasteiger partial charge in [-0.25, -0.2) is 4.98 Å². The Bertz CT molecular complexity index is 276. The summed E-state index contributed by atoms with van der Waals surface area (Å²) in [7, 11) is 0. The first-order chi connectivity index (χ1) is 7.86. The SMILES string of the molecule is CCNCCc1cn(CCOCCO)cn1. The lowest BCUT2D eigenvalue weighted by molar-refractivity contribution is 0.0870. The summed E-state index contributed by atoms with van der Waals surface area (Å²) < 4.78 is 7.20. The van der Waals surface area contributed by atoms with E-state index in [1.165, 1.54) is 0 Å². The van der Waals surface area contributed by atoms with Gasteiger partial charge in [0.05, 0.1) is 31.8 Å². The highest BCUT2D eigenvalue weighted by Crippen LogP contribution is 1.97. The van der Waals surface area contributed by atoms with Gasteiger partial charge in [-0.3, -0.25) is 0 Å². The maximum Gasteiger partial charge on any atom is 0.0950 e. The fraction of sp³-hybridized carbons (Fsp3) is 0.727. The number of aromatic nitrogens is 2. The van der Waals surface area contributed by atoms with E-state index < -0.39 is 0 Å². The van der Waals surface area contributed by atoms with Crippen molar-refractivity contribution in [1.29, 1.82) is 0 Å². The van der Waals surface area contributed by atoms with Crippen molar-refractivity contribution < 1.29 is 9.84 Å². The molecule has 0 atom stereocenters. The molecule has 0 aromatic carbocycles. The molecule has 0 saturated heterocycles. The first-order valence-corrected chi connectivity index (χ1v) is 5.76. The van der Waals surface area contributed by atoms with E-state index in [1.54, 1.807) is 0 Å². The molecule has 1 aromatic heterocycles. The molecule has 0 spiro atoms. The molecule has 0 unspecified atom stereocenters. The van der Waals surface area contributed by atoms with Gasteiger partial charge >= 0.3 is 0 Å². The van der Waals surface area contributed by atoms with Gasteiger partial charge in [-0.15, -0.1) is 0 Å². The number of hydrogen-bond acceptors (Lipinski definition) is 4. The minimum Gasteiger partial charge on any atom is -0.394 e. The normalized spacial score (nSPS) is 10.9. The largest absolute Gasteiger partial charge is 0.394 e. The van der Waals surface area contributed by atoms with E-state index in [4.69, 9.17) is 9.84 Å². The van der Waals surface area contributed by atoms with Gasteiger partial charge in [0, 0.05) is 25.7 Å². The molecule has 2 N–H and O–H groups in total. The van der Waals surface area contributed by atoms with Crippen molar-refractivity contribution in [1.82, 2.24) is 14.9 Å². The quantitative estimate of drug-likeness (QED) is 0.585. The summed E-state index contributed by atoms with van der Waals surface area (Å²) in [5.41, 5.74) is 1.10. The van der Waals surface area contributed by atoms with Crippen LogP contribution in [0.1, 0.15) is 12.6 Å². The number of aliphatic hydroxyl groups is 1. The summed E-state index contributed by atoms with van der Waals surface area (Å²) in [6, 6.07) is 0. The van der Waals surface area contributed by atoms with E-state index in [0.717, 1.165) is 31.7 Å². The molecule has 1 aromatic rings. The van der Waals surface area contributed by atoms with Gasteiger partial charge in [0.25, 0.3) is 0 Å². The van der Waals surface area contributed by atoms with Crippen LogP contribution in [0, 0.1) is 0 Å². The van der Waals surface area contributed by atoms with E-state index in [2.05, 4.69) is 17.2 Å². The summed E-state index contributed by atoms with van der Waals surface area (Å²) >= 11 is 0. The van der Waals surface area contributed by atoms with Crippen LogP contribution >= 0.6 is 0 Å². The Hall–Kier alpha value is -0.910. The van der Waals surface area contributed by atoms with E-state index in [-0.39, 0.29) is 6.61 Å². The lowest BCUT2D eigenvalue weighted by Gasteiger charge is -2.02. The van der Waals surface area contributed by atoms with Crippen LogP contribution in [-0.4, -0.2) is 47.6 Å². The first kappa shape index (κ1) is 13.2. The third kappa shape index (κ3) is 5.25. The first-order valence-electron chi connectivity index (χ1n) is 5.76. The van der Waals surface area contributed by atoms with Gasteiger partial charge in [-0.1, -0.05) is 6.92 Å². The third-order valence-electron chi connectivity index (χ3n) is 2.22. The number of nitrogens with zero attached hydrogens (tertiary/aromatic N) is 2. The fourth-order valence-corrected chi connectivity index (χ4v) is 1.39. The molecular formula is C11H21N3O2. The molecule has 1 heterocycles. The number of ether oxygens (including phenoxy) is 1. The van der Waals surface area contributed by atoms with Crippen LogP contribution in [0.15, 0.2) is 12.5 Å². The Morgan fingerprint density at radius 3 is 3.12 bits per heavy atom. The van der Waals surface area contributed by atoms with Crippen molar-refractivity contribution in [3.05, 3.63) is 18.2 Å². The average Bonchev–Trinajstić information content (AvgIpc) is 2.73. The topological polar surface area (TPSA) is 59.3 Å². The molecule has 92 valence electrons. The van der Waals surface area contributed by atoms with Crippen molar-refractivity contribution in [2.45, 2.75) is 19.9 Å². The molecule has 0 aliphatic heterocycles. The summed E-state index contributed by atoms with van der Waals surface area (Å²) in [6.45, 7) is 5.94. The summed E-state index contributed by atoms with van der Waals surface area (Å²) in [5, 5.41) is 11.8. The molecule has 0 aliphatic carbocycles. The molecular weight excluding hydrogens is 206 g/mol. The Morgan fingerprint density at radius 2 is 2.38 bits per heavy atom. The molecule has 0 saturated carbocycles. The molecule has 1 rings (SSSR count). The van der Waals surface area contributed by atoms with Crippen LogP contribution in [0.25, 0.3) is 0 Å². The van der Waals surface area contributed by atoms with Gasteiger partial charge in [0.1, 0.15) is 0 Å². The van der Waals surface area contributed by atoms with E-state index >= 15 is 0 Å². The molecule has 16 heavy (non-hydrogen) atoms. The van der Waals surface area contributed by atoms with Gasteiger partial charge in [-0.05, 0) is 6.54 Å². The maximum atomic E-state index is 8.54. The highest BCUT2D eigenvalue weighted by molar-refractivity contribution is 4.97. The lowest BCUT2D eigenvalue weighted by atomic mass is 10.3. The zero-order valence-electron chi connectivity index (χ0n) is 9.85. The second-order valence-electron chi connectivity index (χ2n) is 3.54. The van der Waals surface area contributed by atoms with Crippen molar-refractivity contribution in [2.24, 2.45) is 0 Å². The van der Waals surface area contributed by atoms with Gasteiger partial charge < -0.3 is 19.7 Å². The lowest BCUT2D eigenvalue weighted by Crippen LogP contribution is -2.16. The highest BCUT2D eigenvalue weighted by atomic mass is 16.5. The Labute approximate surface area is 96.4 Å². The number of rotatable bonds is 9. The number of nitrogens with one attached hydrogen (secondary N) is 1.